The predicted molar refractivity (Wildman–Crippen MR) is 73.7 cm³/mol. The molecule has 2 rings (SSSR count). The molecule has 0 atom stereocenters. The Morgan fingerprint density at radius 1 is 1.38 bits per heavy atom. The molecule has 2 aromatic rings. The molecular formula is C14H13FN2O4. The van der Waals surface area contributed by atoms with Crippen LogP contribution in [0.5, 0.6) is 0 Å². The predicted octanol–water partition coefficient (Wildman–Crippen LogP) is 3.31. The molecule has 0 spiro atoms. The Balaban J connectivity index is 2.56. The number of carbonyl (C=O) groups is 1. The summed E-state index contributed by atoms with van der Waals surface area (Å²) in [5.74, 6) is -1.85. The Hall–Kier alpha value is -2.70. The van der Waals surface area contributed by atoms with Gasteiger partial charge < -0.3 is 9.67 Å². The first-order chi connectivity index (χ1) is 9.95. The zero-order valence-corrected chi connectivity index (χ0v) is 11.2. The highest BCUT2D eigenvalue weighted by molar-refractivity contribution is 5.87. The number of aromatic carboxylic acids is 1. The number of carboxylic acid groups (broad SMARTS) is 1. The summed E-state index contributed by atoms with van der Waals surface area (Å²) in [6.45, 7) is 2.29. The van der Waals surface area contributed by atoms with E-state index in [0.717, 1.165) is 6.07 Å². The van der Waals surface area contributed by atoms with Gasteiger partial charge in [0.25, 0.3) is 5.69 Å². The van der Waals surface area contributed by atoms with Crippen molar-refractivity contribution in [2.45, 2.75) is 19.9 Å². The molecule has 1 aromatic carbocycles. The van der Waals surface area contributed by atoms with Crippen LogP contribution < -0.4 is 0 Å². The van der Waals surface area contributed by atoms with Crippen molar-refractivity contribution in [2.24, 2.45) is 0 Å². The molecule has 0 saturated heterocycles. The van der Waals surface area contributed by atoms with E-state index in [9.17, 15) is 19.3 Å². The lowest BCUT2D eigenvalue weighted by molar-refractivity contribution is -0.385. The van der Waals surface area contributed by atoms with Gasteiger partial charge in [0.05, 0.1) is 16.7 Å². The van der Waals surface area contributed by atoms with Gasteiger partial charge in [0.15, 0.2) is 0 Å². The van der Waals surface area contributed by atoms with Crippen LogP contribution in [0.15, 0.2) is 30.3 Å². The van der Waals surface area contributed by atoms with E-state index in [4.69, 9.17) is 5.11 Å². The molecule has 0 unspecified atom stereocenters. The van der Waals surface area contributed by atoms with Crippen molar-refractivity contribution >= 4 is 11.7 Å². The van der Waals surface area contributed by atoms with Crippen molar-refractivity contribution in [3.63, 3.8) is 0 Å². The Kier molecular flexibility index (Phi) is 4.02. The average molecular weight is 292 g/mol. The molecule has 0 aliphatic heterocycles. The highest BCUT2D eigenvalue weighted by atomic mass is 19.1. The first-order valence-electron chi connectivity index (χ1n) is 6.32. The van der Waals surface area contributed by atoms with Gasteiger partial charge in [0, 0.05) is 18.2 Å². The molecule has 1 aromatic heterocycles. The molecular weight excluding hydrogens is 279 g/mol. The normalized spacial score (nSPS) is 10.6. The second-order valence-electron chi connectivity index (χ2n) is 4.48. The van der Waals surface area contributed by atoms with Crippen molar-refractivity contribution in [1.82, 2.24) is 4.57 Å². The first-order valence-corrected chi connectivity index (χ1v) is 6.32. The second kappa shape index (κ2) is 5.74. The maximum atomic E-state index is 14.1. The number of benzene rings is 1. The van der Waals surface area contributed by atoms with Crippen LogP contribution in [-0.4, -0.2) is 20.6 Å². The van der Waals surface area contributed by atoms with Crippen LogP contribution >= 0.6 is 0 Å². The number of hydrogen-bond donors (Lipinski definition) is 1. The van der Waals surface area contributed by atoms with Crippen LogP contribution in [0.1, 0.15) is 23.8 Å². The van der Waals surface area contributed by atoms with E-state index in [-0.39, 0.29) is 16.9 Å². The number of hydrogen-bond acceptors (Lipinski definition) is 3. The van der Waals surface area contributed by atoms with Crippen molar-refractivity contribution in [3.8, 4) is 11.3 Å². The minimum Gasteiger partial charge on any atom is -0.477 e. The molecule has 110 valence electrons. The van der Waals surface area contributed by atoms with Crippen molar-refractivity contribution in [2.75, 3.05) is 0 Å². The Morgan fingerprint density at radius 3 is 2.62 bits per heavy atom. The fourth-order valence-electron chi connectivity index (χ4n) is 2.18. The van der Waals surface area contributed by atoms with Gasteiger partial charge in [-0.25, -0.2) is 9.18 Å². The number of nitrogens with zero attached hydrogens (tertiary/aromatic N) is 2. The molecule has 0 aliphatic carbocycles. The van der Waals surface area contributed by atoms with Crippen LogP contribution in [0.25, 0.3) is 11.3 Å². The van der Waals surface area contributed by atoms with E-state index >= 15 is 0 Å². The summed E-state index contributed by atoms with van der Waals surface area (Å²) >= 11 is 0. The molecule has 7 heteroatoms. The number of aromatic nitrogens is 1. The second-order valence-corrected chi connectivity index (χ2v) is 4.48. The minimum atomic E-state index is -1.10. The Morgan fingerprint density at radius 2 is 2.10 bits per heavy atom. The van der Waals surface area contributed by atoms with E-state index in [2.05, 4.69) is 0 Å². The van der Waals surface area contributed by atoms with Crippen LogP contribution in [0.4, 0.5) is 10.1 Å². The fourth-order valence-corrected chi connectivity index (χ4v) is 2.18. The lowest BCUT2D eigenvalue weighted by Crippen LogP contribution is -2.09. The molecule has 21 heavy (non-hydrogen) atoms. The van der Waals surface area contributed by atoms with Gasteiger partial charge in [-0.2, -0.15) is 0 Å². The third-order valence-corrected chi connectivity index (χ3v) is 3.09. The average Bonchev–Trinajstić information content (AvgIpc) is 2.82. The monoisotopic (exact) mass is 292 g/mol. The molecule has 0 amide bonds. The molecule has 6 nitrogen and oxygen atoms in total. The highest BCUT2D eigenvalue weighted by Gasteiger charge is 2.18. The summed E-state index contributed by atoms with van der Waals surface area (Å²) in [7, 11) is 0. The number of non-ortho nitro benzene ring substituents is 1. The molecule has 0 bridgehead atoms. The Bertz CT molecular complexity index is 709. The third kappa shape index (κ3) is 2.76. The Labute approximate surface area is 119 Å². The topological polar surface area (TPSA) is 85.4 Å². The van der Waals surface area contributed by atoms with Gasteiger partial charge >= 0.3 is 5.97 Å². The van der Waals surface area contributed by atoms with Crippen LogP contribution in [-0.2, 0) is 6.54 Å². The van der Waals surface area contributed by atoms with Crippen LogP contribution in [0.3, 0.4) is 0 Å². The highest BCUT2D eigenvalue weighted by Crippen LogP contribution is 2.28. The standard InChI is InChI=1S/C14H13FN2O4/c1-2-7-16-12(5-6-13(16)14(18)19)10-4-3-9(17(20)21)8-11(10)15/h3-6,8H,2,7H2,1H3,(H,18,19). The maximum Gasteiger partial charge on any atom is 0.352 e. The lowest BCUT2D eigenvalue weighted by atomic mass is 10.1. The van der Waals surface area contributed by atoms with E-state index in [1.54, 1.807) is 0 Å². The zero-order chi connectivity index (χ0) is 15.6. The van der Waals surface area contributed by atoms with E-state index in [1.807, 2.05) is 6.92 Å². The summed E-state index contributed by atoms with van der Waals surface area (Å²) in [5, 5.41) is 19.8. The number of nitro groups is 1. The number of halogens is 1. The van der Waals surface area contributed by atoms with Gasteiger partial charge in [0.2, 0.25) is 0 Å². The summed E-state index contributed by atoms with van der Waals surface area (Å²) in [6.07, 6.45) is 0.677. The van der Waals surface area contributed by atoms with Gasteiger partial charge in [-0.1, -0.05) is 6.92 Å². The molecule has 0 aliphatic rings. The van der Waals surface area contributed by atoms with Crippen LogP contribution in [0, 0.1) is 15.9 Å². The van der Waals surface area contributed by atoms with E-state index < -0.39 is 16.7 Å². The number of rotatable bonds is 5. The molecule has 1 N–H and O–H groups in total. The molecule has 0 saturated carbocycles. The summed E-state index contributed by atoms with van der Waals surface area (Å²) in [6, 6.07) is 6.22. The summed E-state index contributed by atoms with van der Waals surface area (Å²) in [4.78, 5) is 21.1. The summed E-state index contributed by atoms with van der Waals surface area (Å²) in [5.41, 5.74) is 0.246. The number of carboxylic acids is 1. The SMILES string of the molecule is CCCn1c(C(=O)O)ccc1-c1ccc([N+](=O)[O-])cc1F. The lowest BCUT2D eigenvalue weighted by Gasteiger charge is -2.11. The van der Waals surface area contributed by atoms with Gasteiger partial charge in [-0.05, 0) is 24.6 Å². The van der Waals surface area contributed by atoms with E-state index in [1.165, 1.54) is 28.8 Å². The zero-order valence-electron chi connectivity index (χ0n) is 11.2. The first kappa shape index (κ1) is 14.7. The quantitative estimate of drug-likeness (QED) is 0.676. The van der Waals surface area contributed by atoms with Crippen molar-refractivity contribution in [1.29, 1.82) is 0 Å². The van der Waals surface area contributed by atoms with Crippen LogP contribution in [0.2, 0.25) is 0 Å². The summed E-state index contributed by atoms with van der Waals surface area (Å²) < 4.78 is 15.6. The van der Waals surface area contributed by atoms with Gasteiger partial charge in [-0.15, -0.1) is 0 Å². The smallest absolute Gasteiger partial charge is 0.352 e. The number of nitro benzene ring substituents is 1. The van der Waals surface area contributed by atoms with Gasteiger partial charge in [-0.3, -0.25) is 10.1 Å². The largest absolute Gasteiger partial charge is 0.477 e. The minimum absolute atomic E-state index is 0.0598. The fraction of sp³-hybridized carbons (Fsp3) is 0.214. The third-order valence-electron chi connectivity index (χ3n) is 3.09. The van der Waals surface area contributed by atoms with Crippen molar-refractivity contribution < 1.29 is 19.2 Å². The molecule has 0 radical (unpaired) electrons. The molecule has 1 heterocycles. The maximum absolute atomic E-state index is 14.1. The van der Waals surface area contributed by atoms with Gasteiger partial charge in [0.1, 0.15) is 11.5 Å². The molecule has 0 fully saturated rings. The van der Waals surface area contributed by atoms with Crippen molar-refractivity contribution in [3.05, 3.63) is 52.0 Å². The van der Waals surface area contributed by atoms with E-state index in [0.29, 0.717) is 18.7 Å².